The molecular weight excluding hydrogens is 211 g/mol. The first-order valence-electron chi connectivity index (χ1n) is 5.42. The van der Waals surface area contributed by atoms with Crippen LogP contribution in [0.3, 0.4) is 0 Å². The maximum atomic E-state index is 12.9. The van der Waals surface area contributed by atoms with E-state index in [1.165, 1.54) is 22.9 Å². The summed E-state index contributed by atoms with van der Waals surface area (Å²) in [5, 5.41) is 0. The van der Waals surface area contributed by atoms with Gasteiger partial charge in [0, 0.05) is 38.4 Å². The Morgan fingerprint density at radius 1 is 1.25 bits per heavy atom. The minimum Gasteiger partial charge on any atom is -0.379 e. The molecule has 1 saturated heterocycles. The first kappa shape index (κ1) is 11.3. The standard InChI is InChI=1S/C11H15FN2O2/c12-10-1-2-11(15)14(9-10)4-3-13-5-7-16-8-6-13/h1-2,9H,3-8H2. The third-order valence-corrected chi connectivity index (χ3v) is 2.71. The van der Waals surface area contributed by atoms with Gasteiger partial charge >= 0.3 is 0 Å². The van der Waals surface area contributed by atoms with Crippen LogP contribution in [-0.2, 0) is 11.3 Å². The van der Waals surface area contributed by atoms with Gasteiger partial charge in [0.2, 0.25) is 0 Å². The number of aromatic nitrogens is 1. The SMILES string of the molecule is O=c1ccc(F)cn1CCN1CCOCC1. The Kier molecular flexibility index (Phi) is 3.69. The Morgan fingerprint density at radius 2 is 2.00 bits per heavy atom. The predicted molar refractivity (Wildman–Crippen MR) is 57.9 cm³/mol. The number of hydrogen-bond donors (Lipinski definition) is 0. The van der Waals surface area contributed by atoms with Crippen molar-refractivity contribution >= 4 is 0 Å². The summed E-state index contributed by atoms with van der Waals surface area (Å²) in [5.74, 6) is -0.374. The van der Waals surface area contributed by atoms with Crippen LogP contribution >= 0.6 is 0 Å². The van der Waals surface area contributed by atoms with Gasteiger partial charge in [0.1, 0.15) is 5.82 Å². The van der Waals surface area contributed by atoms with E-state index in [-0.39, 0.29) is 11.4 Å². The van der Waals surface area contributed by atoms with Crippen molar-refractivity contribution in [3.63, 3.8) is 0 Å². The zero-order valence-corrected chi connectivity index (χ0v) is 9.06. The fourth-order valence-corrected chi connectivity index (χ4v) is 1.75. The molecule has 0 radical (unpaired) electrons. The maximum Gasteiger partial charge on any atom is 0.250 e. The van der Waals surface area contributed by atoms with E-state index in [9.17, 15) is 9.18 Å². The van der Waals surface area contributed by atoms with Gasteiger partial charge in [0.25, 0.3) is 5.56 Å². The first-order chi connectivity index (χ1) is 7.75. The second-order valence-corrected chi connectivity index (χ2v) is 3.83. The molecule has 1 aromatic heterocycles. The molecule has 0 atom stereocenters. The first-order valence-corrected chi connectivity index (χ1v) is 5.42. The molecule has 16 heavy (non-hydrogen) atoms. The van der Waals surface area contributed by atoms with Gasteiger partial charge in [-0.1, -0.05) is 0 Å². The van der Waals surface area contributed by atoms with Crippen LogP contribution in [0.2, 0.25) is 0 Å². The largest absolute Gasteiger partial charge is 0.379 e. The molecule has 0 N–H and O–H groups in total. The van der Waals surface area contributed by atoms with Crippen molar-refractivity contribution in [2.45, 2.75) is 6.54 Å². The van der Waals surface area contributed by atoms with Gasteiger partial charge in [-0.15, -0.1) is 0 Å². The predicted octanol–water partition coefficient (Wildman–Crippen LogP) is 0.320. The van der Waals surface area contributed by atoms with E-state index in [2.05, 4.69) is 4.90 Å². The van der Waals surface area contributed by atoms with Gasteiger partial charge in [0.15, 0.2) is 0 Å². The van der Waals surface area contributed by atoms with E-state index in [0.29, 0.717) is 6.54 Å². The third kappa shape index (κ3) is 2.90. The van der Waals surface area contributed by atoms with E-state index in [0.717, 1.165) is 32.8 Å². The number of hydrogen-bond acceptors (Lipinski definition) is 3. The summed E-state index contributed by atoms with van der Waals surface area (Å²) in [6.07, 6.45) is 1.25. The highest BCUT2D eigenvalue weighted by atomic mass is 19.1. The summed E-state index contributed by atoms with van der Waals surface area (Å²) in [6, 6.07) is 2.45. The topological polar surface area (TPSA) is 34.5 Å². The van der Waals surface area contributed by atoms with Crippen molar-refractivity contribution < 1.29 is 9.13 Å². The Labute approximate surface area is 93.2 Å². The maximum absolute atomic E-state index is 12.9. The van der Waals surface area contributed by atoms with Gasteiger partial charge in [-0.05, 0) is 6.07 Å². The van der Waals surface area contributed by atoms with Crippen molar-refractivity contribution in [3.05, 3.63) is 34.5 Å². The van der Waals surface area contributed by atoms with Crippen LogP contribution in [0, 0.1) is 5.82 Å². The molecule has 88 valence electrons. The number of ether oxygens (including phenoxy) is 1. The Hall–Kier alpha value is -1.20. The van der Waals surface area contributed by atoms with Crippen molar-refractivity contribution in [2.75, 3.05) is 32.8 Å². The summed E-state index contributed by atoms with van der Waals surface area (Å²) in [7, 11) is 0. The fraction of sp³-hybridized carbons (Fsp3) is 0.545. The molecular formula is C11H15FN2O2. The Morgan fingerprint density at radius 3 is 2.75 bits per heavy atom. The highest BCUT2D eigenvalue weighted by Gasteiger charge is 2.10. The molecule has 0 bridgehead atoms. The highest BCUT2D eigenvalue weighted by Crippen LogP contribution is 1.98. The third-order valence-electron chi connectivity index (χ3n) is 2.71. The number of halogens is 1. The lowest BCUT2D eigenvalue weighted by atomic mass is 10.4. The molecule has 2 rings (SSSR count). The van der Waals surface area contributed by atoms with E-state index in [1.807, 2.05) is 0 Å². The summed E-state index contributed by atoms with van der Waals surface area (Å²) >= 11 is 0. The Bertz CT molecular complexity index is 399. The summed E-state index contributed by atoms with van der Waals surface area (Å²) < 4.78 is 19.6. The molecule has 0 aromatic carbocycles. The average Bonchev–Trinajstić information content (AvgIpc) is 2.32. The molecule has 4 nitrogen and oxygen atoms in total. The lowest BCUT2D eigenvalue weighted by molar-refractivity contribution is 0.0362. The van der Waals surface area contributed by atoms with Crippen molar-refractivity contribution in [1.29, 1.82) is 0 Å². The van der Waals surface area contributed by atoms with Crippen LogP contribution in [0.15, 0.2) is 23.1 Å². The zero-order valence-electron chi connectivity index (χ0n) is 9.06. The molecule has 1 aliphatic rings. The van der Waals surface area contributed by atoms with E-state index >= 15 is 0 Å². The summed E-state index contributed by atoms with van der Waals surface area (Å²) in [5.41, 5.74) is -0.158. The highest BCUT2D eigenvalue weighted by molar-refractivity contribution is 4.96. The number of pyridine rings is 1. The van der Waals surface area contributed by atoms with E-state index in [4.69, 9.17) is 4.74 Å². The lowest BCUT2D eigenvalue weighted by Gasteiger charge is -2.26. The van der Waals surface area contributed by atoms with E-state index in [1.54, 1.807) is 0 Å². The normalized spacial score (nSPS) is 17.6. The minimum absolute atomic E-state index is 0.158. The van der Waals surface area contributed by atoms with Crippen LogP contribution in [-0.4, -0.2) is 42.3 Å². The number of nitrogens with zero attached hydrogens (tertiary/aromatic N) is 2. The van der Waals surface area contributed by atoms with Crippen LogP contribution in [0.5, 0.6) is 0 Å². The number of morpholine rings is 1. The second kappa shape index (κ2) is 5.23. The fourth-order valence-electron chi connectivity index (χ4n) is 1.75. The molecule has 5 heteroatoms. The van der Waals surface area contributed by atoms with Crippen LogP contribution in [0.1, 0.15) is 0 Å². The molecule has 0 aliphatic carbocycles. The van der Waals surface area contributed by atoms with Crippen LogP contribution in [0.25, 0.3) is 0 Å². The smallest absolute Gasteiger partial charge is 0.250 e. The second-order valence-electron chi connectivity index (χ2n) is 3.83. The molecule has 1 aliphatic heterocycles. The van der Waals surface area contributed by atoms with E-state index < -0.39 is 0 Å². The quantitative estimate of drug-likeness (QED) is 0.744. The monoisotopic (exact) mass is 226 g/mol. The molecule has 0 unspecified atom stereocenters. The lowest BCUT2D eigenvalue weighted by Crippen LogP contribution is -2.39. The van der Waals surface area contributed by atoms with Crippen LogP contribution in [0.4, 0.5) is 4.39 Å². The Balaban J connectivity index is 1.93. The molecule has 1 fully saturated rings. The molecule has 0 amide bonds. The van der Waals surface area contributed by atoms with Gasteiger partial charge in [0.05, 0.1) is 13.2 Å². The molecule has 2 heterocycles. The van der Waals surface area contributed by atoms with Gasteiger partial charge in [-0.25, -0.2) is 4.39 Å². The number of rotatable bonds is 3. The zero-order chi connectivity index (χ0) is 11.4. The van der Waals surface area contributed by atoms with Gasteiger partial charge in [-0.3, -0.25) is 9.69 Å². The van der Waals surface area contributed by atoms with Crippen molar-refractivity contribution in [2.24, 2.45) is 0 Å². The summed E-state index contributed by atoms with van der Waals surface area (Å²) in [6.45, 7) is 4.51. The van der Waals surface area contributed by atoms with Crippen molar-refractivity contribution in [1.82, 2.24) is 9.47 Å². The van der Waals surface area contributed by atoms with Gasteiger partial charge in [-0.2, -0.15) is 0 Å². The molecule has 0 saturated carbocycles. The minimum atomic E-state index is -0.374. The molecule has 1 aromatic rings. The average molecular weight is 226 g/mol. The van der Waals surface area contributed by atoms with Crippen molar-refractivity contribution in [3.8, 4) is 0 Å². The van der Waals surface area contributed by atoms with Gasteiger partial charge < -0.3 is 9.30 Å². The van der Waals surface area contributed by atoms with Crippen LogP contribution < -0.4 is 5.56 Å². The summed E-state index contributed by atoms with van der Waals surface area (Å²) in [4.78, 5) is 13.6. The molecule has 0 spiro atoms.